The lowest BCUT2D eigenvalue weighted by Crippen LogP contribution is -2.08. The van der Waals surface area contributed by atoms with Crippen LogP contribution in [0, 0.1) is 0 Å². The maximum Gasteiger partial charge on any atom is 0.248 e. The van der Waals surface area contributed by atoms with Gasteiger partial charge in [-0.3, -0.25) is 9.78 Å². The van der Waals surface area contributed by atoms with Crippen molar-refractivity contribution in [2.24, 2.45) is 0 Å². The molecular weight excluding hydrogens is 338 g/mol. The van der Waals surface area contributed by atoms with Crippen LogP contribution in [0.25, 0.3) is 17.0 Å². The Labute approximate surface area is 156 Å². The monoisotopic (exact) mass is 355 g/mol. The maximum atomic E-state index is 12.2. The van der Waals surface area contributed by atoms with Gasteiger partial charge in [0.2, 0.25) is 5.91 Å². The second-order valence-corrected chi connectivity index (χ2v) is 6.03. The van der Waals surface area contributed by atoms with E-state index in [1.54, 1.807) is 23.2 Å². The van der Waals surface area contributed by atoms with Gasteiger partial charge in [0.1, 0.15) is 5.69 Å². The molecule has 4 rings (SSSR count). The topological polar surface area (TPSA) is 72.7 Å². The van der Waals surface area contributed by atoms with Gasteiger partial charge in [0.15, 0.2) is 0 Å². The molecule has 0 fully saturated rings. The highest BCUT2D eigenvalue weighted by Crippen LogP contribution is 2.20. The van der Waals surface area contributed by atoms with Gasteiger partial charge in [-0.1, -0.05) is 53.7 Å². The van der Waals surface area contributed by atoms with Gasteiger partial charge in [0.25, 0.3) is 0 Å². The first-order valence-corrected chi connectivity index (χ1v) is 8.55. The van der Waals surface area contributed by atoms with Gasteiger partial charge < -0.3 is 5.32 Å². The van der Waals surface area contributed by atoms with Gasteiger partial charge >= 0.3 is 0 Å². The summed E-state index contributed by atoms with van der Waals surface area (Å²) in [6, 6.07) is 19.5. The Hall–Kier alpha value is -3.80. The lowest BCUT2D eigenvalue weighted by Gasteiger charge is -2.05. The van der Waals surface area contributed by atoms with Crippen molar-refractivity contribution in [1.29, 1.82) is 0 Å². The van der Waals surface area contributed by atoms with Gasteiger partial charge in [0.05, 0.1) is 23.9 Å². The fourth-order valence-corrected chi connectivity index (χ4v) is 2.78. The van der Waals surface area contributed by atoms with E-state index in [-0.39, 0.29) is 5.91 Å². The van der Waals surface area contributed by atoms with E-state index in [1.165, 1.54) is 6.08 Å². The number of benzene rings is 2. The predicted octanol–water partition coefficient (Wildman–Crippen LogP) is 3.53. The smallest absolute Gasteiger partial charge is 0.248 e. The van der Waals surface area contributed by atoms with Crippen molar-refractivity contribution in [3.05, 3.63) is 90.4 Å². The van der Waals surface area contributed by atoms with Crippen LogP contribution in [0.3, 0.4) is 0 Å². The van der Waals surface area contributed by atoms with Crippen LogP contribution >= 0.6 is 0 Å². The van der Waals surface area contributed by atoms with E-state index >= 15 is 0 Å². The minimum absolute atomic E-state index is 0.245. The minimum Gasteiger partial charge on any atom is -0.321 e. The lowest BCUT2D eigenvalue weighted by atomic mass is 10.2. The fraction of sp³-hybridized carbons (Fsp3) is 0.0476. The Balaban J connectivity index is 1.43. The number of pyridine rings is 1. The maximum absolute atomic E-state index is 12.2. The molecule has 0 atom stereocenters. The van der Waals surface area contributed by atoms with E-state index in [0.29, 0.717) is 17.9 Å². The lowest BCUT2D eigenvalue weighted by molar-refractivity contribution is -0.111. The summed E-state index contributed by atoms with van der Waals surface area (Å²) in [6.07, 6.45) is 6.59. The second-order valence-electron chi connectivity index (χ2n) is 6.03. The molecule has 1 N–H and O–H groups in total. The fourth-order valence-electron chi connectivity index (χ4n) is 2.78. The van der Waals surface area contributed by atoms with Crippen LogP contribution in [-0.2, 0) is 11.3 Å². The van der Waals surface area contributed by atoms with Crippen molar-refractivity contribution in [3.63, 3.8) is 0 Å². The molecule has 0 aliphatic heterocycles. The molecule has 0 saturated heterocycles. The molecule has 6 heteroatoms. The molecule has 6 nitrogen and oxygen atoms in total. The van der Waals surface area contributed by atoms with Crippen LogP contribution < -0.4 is 5.32 Å². The van der Waals surface area contributed by atoms with Gasteiger partial charge in [-0.05, 0) is 23.8 Å². The van der Waals surface area contributed by atoms with Crippen molar-refractivity contribution in [1.82, 2.24) is 20.0 Å². The molecule has 0 radical (unpaired) electrons. The number of hydrogen-bond donors (Lipinski definition) is 1. The van der Waals surface area contributed by atoms with Crippen LogP contribution in [0.4, 0.5) is 5.69 Å². The second kappa shape index (κ2) is 7.61. The van der Waals surface area contributed by atoms with Gasteiger partial charge in [-0.2, -0.15) is 0 Å². The number of fused-ring (bicyclic) bond motifs is 1. The third-order valence-corrected chi connectivity index (χ3v) is 4.04. The van der Waals surface area contributed by atoms with Crippen LogP contribution in [0.1, 0.15) is 11.3 Å². The largest absolute Gasteiger partial charge is 0.321 e. The van der Waals surface area contributed by atoms with E-state index in [2.05, 4.69) is 20.6 Å². The molecule has 0 unspecified atom stereocenters. The Bertz CT molecular complexity index is 1100. The molecule has 4 aromatic rings. The number of amides is 1. The Morgan fingerprint density at radius 1 is 1.04 bits per heavy atom. The van der Waals surface area contributed by atoms with E-state index in [4.69, 9.17) is 0 Å². The SMILES string of the molecule is O=C(/C=C/c1cn(Cc2ccccc2)nn1)Nc1cccc2cccnc12. The van der Waals surface area contributed by atoms with Crippen LogP contribution in [0.5, 0.6) is 0 Å². The average Bonchev–Trinajstić information content (AvgIpc) is 3.15. The molecule has 27 heavy (non-hydrogen) atoms. The molecule has 1 amide bonds. The number of carbonyl (C=O) groups excluding carboxylic acids is 1. The number of aromatic nitrogens is 4. The van der Waals surface area contributed by atoms with Crippen molar-refractivity contribution < 1.29 is 4.79 Å². The molecule has 0 aliphatic rings. The molecule has 132 valence electrons. The molecule has 2 aromatic heterocycles. The molecule has 0 aliphatic carbocycles. The molecule has 2 aromatic carbocycles. The standard InChI is InChI=1S/C21H17N5O/c27-20(23-19-10-4-8-17-9-5-13-22-21(17)19)12-11-18-15-26(25-24-18)14-16-6-2-1-3-7-16/h1-13,15H,14H2,(H,23,27)/b12-11+. The number of anilines is 1. The summed E-state index contributed by atoms with van der Waals surface area (Å²) in [5.41, 5.74) is 3.20. The van der Waals surface area contributed by atoms with E-state index in [1.807, 2.05) is 60.7 Å². The minimum atomic E-state index is -0.245. The Morgan fingerprint density at radius 3 is 2.78 bits per heavy atom. The summed E-state index contributed by atoms with van der Waals surface area (Å²) >= 11 is 0. The van der Waals surface area contributed by atoms with E-state index in [0.717, 1.165) is 16.5 Å². The zero-order chi connectivity index (χ0) is 18.5. The summed E-state index contributed by atoms with van der Waals surface area (Å²) in [6.45, 7) is 0.634. The molecule has 0 saturated carbocycles. The zero-order valence-electron chi connectivity index (χ0n) is 14.5. The average molecular weight is 355 g/mol. The molecular formula is C21H17N5O. The zero-order valence-corrected chi connectivity index (χ0v) is 14.5. The number of hydrogen-bond acceptors (Lipinski definition) is 4. The van der Waals surface area contributed by atoms with Gasteiger partial charge in [-0.15, -0.1) is 5.10 Å². The summed E-state index contributed by atoms with van der Waals surface area (Å²) in [7, 11) is 0. The van der Waals surface area contributed by atoms with Crippen molar-refractivity contribution in [3.8, 4) is 0 Å². The molecule has 0 spiro atoms. The van der Waals surface area contributed by atoms with Crippen molar-refractivity contribution in [2.75, 3.05) is 5.32 Å². The predicted molar refractivity (Wildman–Crippen MR) is 105 cm³/mol. The summed E-state index contributed by atoms with van der Waals surface area (Å²) in [5, 5.41) is 12.0. The number of rotatable bonds is 5. The van der Waals surface area contributed by atoms with Crippen molar-refractivity contribution in [2.45, 2.75) is 6.54 Å². The number of nitrogens with one attached hydrogen (secondary N) is 1. The van der Waals surface area contributed by atoms with Crippen molar-refractivity contribution >= 4 is 28.6 Å². The quantitative estimate of drug-likeness (QED) is 0.556. The third kappa shape index (κ3) is 4.07. The van der Waals surface area contributed by atoms with Crippen LogP contribution in [0.15, 0.2) is 79.1 Å². The Morgan fingerprint density at radius 2 is 1.89 bits per heavy atom. The first kappa shape index (κ1) is 16.7. The first-order chi connectivity index (χ1) is 13.3. The third-order valence-electron chi connectivity index (χ3n) is 4.04. The normalized spacial score (nSPS) is 11.1. The van der Waals surface area contributed by atoms with Crippen LogP contribution in [0.2, 0.25) is 0 Å². The van der Waals surface area contributed by atoms with Gasteiger partial charge in [-0.25, -0.2) is 4.68 Å². The van der Waals surface area contributed by atoms with Gasteiger partial charge in [0, 0.05) is 17.7 Å². The van der Waals surface area contributed by atoms with Crippen LogP contribution in [-0.4, -0.2) is 25.9 Å². The summed E-state index contributed by atoms with van der Waals surface area (Å²) < 4.78 is 1.74. The molecule has 2 heterocycles. The highest BCUT2D eigenvalue weighted by molar-refractivity contribution is 6.06. The summed E-state index contributed by atoms with van der Waals surface area (Å²) in [5.74, 6) is -0.245. The Kier molecular flexibility index (Phi) is 4.70. The number of para-hydroxylation sites is 1. The molecule has 0 bridgehead atoms. The van der Waals surface area contributed by atoms with E-state index < -0.39 is 0 Å². The highest BCUT2D eigenvalue weighted by Gasteiger charge is 2.05. The van der Waals surface area contributed by atoms with E-state index in [9.17, 15) is 4.79 Å². The summed E-state index contributed by atoms with van der Waals surface area (Å²) in [4.78, 5) is 16.6. The number of nitrogens with zero attached hydrogens (tertiary/aromatic N) is 4. The first-order valence-electron chi connectivity index (χ1n) is 8.55. The number of carbonyl (C=O) groups is 1. The highest BCUT2D eigenvalue weighted by atomic mass is 16.1.